The second-order valence-electron chi connectivity index (χ2n) is 7.79. The zero-order valence-corrected chi connectivity index (χ0v) is 19.3. The minimum absolute atomic E-state index is 0.0522. The molecule has 0 bridgehead atoms. The highest BCUT2D eigenvalue weighted by atomic mass is 16.5. The van der Waals surface area contributed by atoms with Crippen molar-refractivity contribution in [2.75, 3.05) is 32.8 Å². The summed E-state index contributed by atoms with van der Waals surface area (Å²) in [6, 6.07) is 9.86. The number of aliphatic hydroxyl groups excluding tert-OH is 1. The molecule has 2 heterocycles. The number of aryl methyl sites for hydroxylation is 1. The number of ether oxygens (including phenoxy) is 1. The zero-order chi connectivity index (χ0) is 23.3. The quantitative estimate of drug-likeness (QED) is 0.525. The van der Waals surface area contributed by atoms with Gasteiger partial charge in [0.15, 0.2) is 11.5 Å². The minimum atomic E-state index is -0.687. The van der Waals surface area contributed by atoms with Crippen LogP contribution in [0.2, 0.25) is 0 Å². The molecule has 1 atom stereocenters. The number of ketones is 1. The number of nitrogens with zero attached hydrogens (tertiary/aromatic N) is 2. The second kappa shape index (κ2) is 10.5. The molecule has 1 aliphatic rings. The Bertz CT molecular complexity index is 972. The lowest BCUT2D eigenvalue weighted by atomic mass is 9.95. The van der Waals surface area contributed by atoms with Crippen LogP contribution in [0.25, 0.3) is 0 Å². The van der Waals surface area contributed by atoms with Crippen molar-refractivity contribution >= 4 is 11.7 Å². The van der Waals surface area contributed by atoms with Gasteiger partial charge in [-0.2, -0.15) is 0 Å². The number of carbonyl (C=O) groups excluding carboxylic acids is 2. The average molecular weight is 441 g/mol. The first kappa shape index (κ1) is 23.6. The molecule has 0 saturated carbocycles. The summed E-state index contributed by atoms with van der Waals surface area (Å²) < 4.78 is 11.0. The molecule has 0 fully saturated rings. The van der Waals surface area contributed by atoms with Crippen LogP contribution in [0.4, 0.5) is 0 Å². The van der Waals surface area contributed by atoms with E-state index in [2.05, 4.69) is 18.7 Å². The molecule has 7 heteroatoms. The fourth-order valence-corrected chi connectivity index (χ4v) is 4.07. The topological polar surface area (TPSA) is 83.2 Å². The van der Waals surface area contributed by atoms with E-state index in [0.717, 1.165) is 31.6 Å². The van der Waals surface area contributed by atoms with Gasteiger partial charge in [-0.1, -0.05) is 26.0 Å². The third kappa shape index (κ3) is 4.88. The number of aliphatic hydroxyl groups is 1. The maximum atomic E-state index is 13.3. The molecule has 0 saturated heterocycles. The Morgan fingerprint density at radius 3 is 2.38 bits per heavy atom. The van der Waals surface area contributed by atoms with Gasteiger partial charge in [-0.3, -0.25) is 9.59 Å². The van der Waals surface area contributed by atoms with Crippen molar-refractivity contribution < 1.29 is 23.8 Å². The highest BCUT2D eigenvalue weighted by Crippen LogP contribution is 2.39. The van der Waals surface area contributed by atoms with Gasteiger partial charge in [0.05, 0.1) is 18.2 Å². The van der Waals surface area contributed by atoms with E-state index in [1.54, 1.807) is 24.0 Å². The van der Waals surface area contributed by atoms with Crippen molar-refractivity contribution in [2.24, 2.45) is 0 Å². The number of hydrogen-bond acceptors (Lipinski definition) is 6. The largest absolute Gasteiger partial charge is 0.503 e. The van der Waals surface area contributed by atoms with Gasteiger partial charge in [-0.25, -0.2) is 0 Å². The molecule has 1 amide bonds. The summed E-state index contributed by atoms with van der Waals surface area (Å²) in [5, 5.41) is 10.7. The summed E-state index contributed by atoms with van der Waals surface area (Å²) in [6.07, 6.45) is 0.732. The van der Waals surface area contributed by atoms with Gasteiger partial charge in [0.25, 0.3) is 5.91 Å². The van der Waals surface area contributed by atoms with E-state index in [-0.39, 0.29) is 11.3 Å². The Hall–Kier alpha value is -3.06. The maximum Gasteiger partial charge on any atom is 0.290 e. The van der Waals surface area contributed by atoms with E-state index in [9.17, 15) is 14.7 Å². The predicted molar refractivity (Wildman–Crippen MR) is 122 cm³/mol. The van der Waals surface area contributed by atoms with Crippen molar-refractivity contribution in [2.45, 2.75) is 40.2 Å². The van der Waals surface area contributed by atoms with Gasteiger partial charge in [0.1, 0.15) is 11.5 Å². The number of hydrogen-bond donors (Lipinski definition) is 1. The van der Waals surface area contributed by atoms with Crippen LogP contribution in [0.1, 0.15) is 55.1 Å². The molecule has 32 heavy (non-hydrogen) atoms. The van der Waals surface area contributed by atoms with E-state index in [0.29, 0.717) is 24.7 Å². The van der Waals surface area contributed by atoms with Crippen molar-refractivity contribution in [1.82, 2.24) is 9.80 Å². The van der Waals surface area contributed by atoms with Crippen LogP contribution < -0.4 is 4.74 Å². The molecule has 0 radical (unpaired) electrons. The van der Waals surface area contributed by atoms with Crippen molar-refractivity contribution in [3.8, 4) is 5.75 Å². The molecule has 1 aromatic carbocycles. The first-order chi connectivity index (χ1) is 15.4. The minimum Gasteiger partial charge on any atom is -0.503 e. The summed E-state index contributed by atoms with van der Waals surface area (Å²) in [6.45, 7) is 11.5. The predicted octanol–water partition coefficient (Wildman–Crippen LogP) is 4.30. The van der Waals surface area contributed by atoms with Gasteiger partial charge in [0.2, 0.25) is 5.78 Å². The lowest BCUT2D eigenvalue weighted by Crippen LogP contribution is -2.34. The van der Waals surface area contributed by atoms with Crippen LogP contribution in [0.15, 0.2) is 52.1 Å². The summed E-state index contributed by atoms with van der Waals surface area (Å²) in [5.41, 5.74) is 0.789. The van der Waals surface area contributed by atoms with Gasteiger partial charge >= 0.3 is 0 Å². The second-order valence-corrected chi connectivity index (χ2v) is 7.79. The van der Waals surface area contributed by atoms with Crippen molar-refractivity contribution in [3.63, 3.8) is 0 Å². The third-order valence-corrected chi connectivity index (χ3v) is 5.79. The molecule has 1 aliphatic heterocycles. The molecular formula is C25H32N2O5. The number of Topliss-reactive ketones (excluding diaryl/α,β-unsaturated/α-hetero) is 1. The molecule has 1 aromatic heterocycles. The van der Waals surface area contributed by atoms with Crippen LogP contribution >= 0.6 is 0 Å². The fourth-order valence-electron chi connectivity index (χ4n) is 4.07. The van der Waals surface area contributed by atoms with Crippen LogP contribution in [0.5, 0.6) is 5.75 Å². The molecule has 0 spiro atoms. The molecule has 0 aliphatic carbocycles. The third-order valence-electron chi connectivity index (χ3n) is 5.79. The van der Waals surface area contributed by atoms with Gasteiger partial charge in [0, 0.05) is 6.54 Å². The maximum absolute atomic E-state index is 13.3. The number of benzene rings is 1. The number of rotatable bonds is 11. The highest BCUT2D eigenvalue weighted by molar-refractivity contribution is 6.15. The highest BCUT2D eigenvalue weighted by Gasteiger charge is 2.44. The summed E-state index contributed by atoms with van der Waals surface area (Å²) >= 11 is 0. The Labute approximate surface area is 189 Å². The van der Waals surface area contributed by atoms with Gasteiger partial charge in [-0.15, -0.1) is 0 Å². The van der Waals surface area contributed by atoms with Gasteiger partial charge < -0.3 is 24.1 Å². The normalized spacial score (nSPS) is 16.3. The summed E-state index contributed by atoms with van der Waals surface area (Å²) in [4.78, 5) is 30.1. The number of amides is 1. The van der Waals surface area contributed by atoms with Crippen LogP contribution in [0, 0.1) is 6.92 Å². The summed E-state index contributed by atoms with van der Waals surface area (Å²) in [7, 11) is 0. The zero-order valence-electron chi connectivity index (χ0n) is 19.3. The molecule has 172 valence electrons. The molecule has 0 unspecified atom stereocenters. The van der Waals surface area contributed by atoms with Crippen molar-refractivity contribution in [1.29, 1.82) is 0 Å². The van der Waals surface area contributed by atoms with E-state index < -0.39 is 23.5 Å². The van der Waals surface area contributed by atoms with Crippen LogP contribution in [-0.4, -0.2) is 59.4 Å². The summed E-state index contributed by atoms with van der Waals surface area (Å²) in [5.74, 6) is -0.115. The Balaban J connectivity index is 1.94. The lowest BCUT2D eigenvalue weighted by Gasteiger charge is -2.28. The molecule has 2 aromatic rings. The standard InChI is InChI=1S/C25H32N2O5/c1-5-26(6-2)15-8-16-27-22(18-10-12-19(13-11-18)31-7-3)21(24(29)25(27)30)23(28)20-14-9-17(4)32-20/h9-14,22,29H,5-8,15-16H2,1-4H3/t22-/m1/s1. The number of carbonyl (C=O) groups is 2. The lowest BCUT2D eigenvalue weighted by molar-refractivity contribution is -0.129. The fraction of sp³-hybridized carbons (Fsp3) is 0.440. The Morgan fingerprint density at radius 1 is 1.12 bits per heavy atom. The van der Waals surface area contributed by atoms with E-state index in [1.807, 2.05) is 31.2 Å². The average Bonchev–Trinajstić information content (AvgIpc) is 3.33. The molecule has 7 nitrogen and oxygen atoms in total. The molecule has 3 rings (SSSR count). The Kier molecular flexibility index (Phi) is 7.75. The molecule has 1 N–H and O–H groups in total. The Morgan fingerprint density at radius 2 is 1.81 bits per heavy atom. The number of furan rings is 1. The smallest absolute Gasteiger partial charge is 0.290 e. The first-order valence-electron chi connectivity index (χ1n) is 11.2. The van der Waals surface area contributed by atoms with Gasteiger partial charge in [-0.05, 0) is 69.7 Å². The van der Waals surface area contributed by atoms with Crippen molar-refractivity contribution in [3.05, 3.63) is 64.8 Å². The SMILES string of the molecule is CCOc1ccc([C@@H]2C(C(=O)c3ccc(C)o3)=C(O)C(=O)N2CCCN(CC)CC)cc1. The first-order valence-corrected chi connectivity index (χ1v) is 11.2. The monoisotopic (exact) mass is 440 g/mol. The van der Waals surface area contributed by atoms with E-state index >= 15 is 0 Å². The van der Waals surface area contributed by atoms with E-state index in [1.165, 1.54) is 0 Å². The van der Waals surface area contributed by atoms with Crippen LogP contribution in [-0.2, 0) is 4.79 Å². The van der Waals surface area contributed by atoms with E-state index in [4.69, 9.17) is 9.15 Å². The molecular weight excluding hydrogens is 408 g/mol. The van der Waals surface area contributed by atoms with Crippen LogP contribution in [0.3, 0.4) is 0 Å².